The average Bonchev–Trinajstić information content (AvgIpc) is 3.07. The standard InChI is InChI=1S/C21H22N2O2S/c1-13-9-14(2)20(15(3)10-13)23-21(24)18-12-26-19(22-18)11-16-5-7-17(25-4)8-6-16/h5-10,12H,11H2,1-4H3,(H,23,24). The number of anilines is 1. The molecule has 0 unspecified atom stereocenters. The van der Waals surface area contributed by atoms with E-state index in [1.807, 2.05) is 43.5 Å². The quantitative estimate of drug-likeness (QED) is 0.697. The smallest absolute Gasteiger partial charge is 0.275 e. The number of carbonyl (C=O) groups excluding carboxylic acids is 1. The van der Waals surface area contributed by atoms with E-state index in [4.69, 9.17) is 4.74 Å². The van der Waals surface area contributed by atoms with Crippen molar-refractivity contribution in [2.45, 2.75) is 27.2 Å². The van der Waals surface area contributed by atoms with Gasteiger partial charge in [-0.15, -0.1) is 11.3 Å². The first-order chi connectivity index (χ1) is 12.5. The van der Waals surface area contributed by atoms with E-state index < -0.39 is 0 Å². The van der Waals surface area contributed by atoms with Crippen LogP contribution in [0.3, 0.4) is 0 Å². The Bertz CT molecular complexity index is 906. The van der Waals surface area contributed by atoms with Gasteiger partial charge in [-0.05, 0) is 49.6 Å². The molecule has 1 heterocycles. The van der Waals surface area contributed by atoms with Crippen molar-refractivity contribution in [1.82, 2.24) is 4.98 Å². The van der Waals surface area contributed by atoms with E-state index in [1.165, 1.54) is 16.9 Å². The molecule has 3 rings (SSSR count). The molecule has 0 aliphatic carbocycles. The molecule has 26 heavy (non-hydrogen) atoms. The molecule has 1 aromatic heterocycles. The van der Waals surface area contributed by atoms with E-state index in [0.717, 1.165) is 33.1 Å². The number of methoxy groups -OCH3 is 1. The lowest BCUT2D eigenvalue weighted by Crippen LogP contribution is -2.14. The fourth-order valence-electron chi connectivity index (χ4n) is 2.97. The summed E-state index contributed by atoms with van der Waals surface area (Å²) >= 11 is 1.50. The Hall–Kier alpha value is -2.66. The Kier molecular flexibility index (Phi) is 5.38. The number of aromatic nitrogens is 1. The topological polar surface area (TPSA) is 51.2 Å². The second-order valence-electron chi connectivity index (χ2n) is 6.38. The third-order valence-corrected chi connectivity index (χ3v) is 5.06. The van der Waals surface area contributed by atoms with Gasteiger partial charge in [0.15, 0.2) is 0 Å². The number of carbonyl (C=O) groups is 1. The zero-order valence-corrected chi connectivity index (χ0v) is 16.2. The average molecular weight is 366 g/mol. The highest BCUT2D eigenvalue weighted by Gasteiger charge is 2.14. The van der Waals surface area contributed by atoms with Crippen LogP contribution in [0.25, 0.3) is 0 Å². The molecule has 0 saturated carbocycles. The second kappa shape index (κ2) is 7.70. The molecular weight excluding hydrogens is 344 g/mol. The van der Waals surface area contributed by atoms with Crippen LogP contribution in [0.1, 0.15) is 37.7 Å². The van der Waals surface area contributed by atoms with E-state index in [0.29, 0.717) is 12.1 Å². The van der Waals surface area contributed by atoms with Crippen LogP contribution >= 0.6 is 11.3 Å². The maximum Gasteiger partial charge on any atom is 0.275 e. The monoisotopic (exact) mass is 366 g/mol. The molecular formula is C21H22N2O2S. The van der Waals surface area contributed by atoms with Gasteiger partial charge in [0.05, 0.1) is 12.1 Å². The minimum absolute atomic E-state index is 0.169. The van der Waals surface area contributed by atoms with Crippen molar-refractivity contribution in [1.29, 1.82) is 0 Å². The number of nitrogens with one attached hydrogen (secondary N) is 1. The highest BCUT2D eigenvalue weighted by molar-refractivity contribution is 7.09. The van der Waals surface area contributed by atoms with Crippen LogP contribution in [-0.2, 0) is 6.42 Å². The van der Waals surface area contributed by atoms with Gasteiger partial charge in [-0.1, -0.05) is 29.8 Å². The Balaban J connectivity index is 1.72. The summed E-state index contributed by atoms with van der Waals surface area (Å²) < 4.78 is 5.17. The SMILES string of the molecule is COc1ccc(Cc2nc(C(=O)Nc3c(C)cc(C)cc3C)cs2)cc1. The molecule has 0 spiro atoms. The van der Waals surface area contributed by atoms with E-state index in [9.17, 15) is 4.79 Å². The molecule has 1 N–H and O–H groups in total. The number of benzene rings is 2. The predicted octanol–water partition coefficient (Wildman–Crippen LogP) is 4.92. The minimum atomic E-state index is -0.169. The van der Waals surface area contributed by atoms with Gasteiger partial charge in [0.25, 0.3) is 5.91 Å². The van der Waals surface area contributed by atoms with E-state index in [-0.39, 0.29) is 5.91 Å². The van der Waals surface area contributed by atoms with Gasteiger partial charge >= 0.3 is 0 Å². The lowest BCUT2D eigenvalue weighted by Gasteiger charge is -2.11. The third kappa shape index (κ3) is 4.11. The summed E-state index contributed by atoms with van der Waals surface area (Å²) in [5, 5.41) is 5.73. The van der Waals surface area contributed by atoms with Gasteiger partial charge in [0, 0.05) is 17.5 Å². The summed E-state index contributed by atoms with van der Waals surface area (Å²) in [5.41, 5.74) is 5.77. The van der Waals surface area contributed by atoms with E-state index >= 15 is 0 Å². The molecule has 4 nitrogen and oxygen atoms in total. The molecule has 0 atom stereocenters. The fourth-order valence-corrected chi connectivity index (χ4v) is 3.78. The molecule has 134 valence electrons. The van der Waals surface area contributed by atoms with Gasteiger partial charge in [-0.3, -0.25) is 4.79 Å². The molecule has 0 fully saturated rings. The summed E-state index contributed by atoms with van der Waals surface area (Å²) in [5.74, 6) is 0.661. The number of ether oxygens (including phenoxy) is 1. The fraction of sp³-hybridized carbons (Fsp3) is 0.238. The van der Waals surface area contributed by atoms with Crippen molar-refractivity contribution in [2.24, 2.45) is 0 Å². The first kappa shape index (κ1) is 18.1. The van der Waals surface area contributed by atoms with Crippen molar-refractivity contribution in [3.8, 4) is 5.75 Å². The number of aryl methyl sites for hydroxylation is 3. The molecule has 0 aliphatic heterocycles. The van der Waals surface area contributed by atoms with E-state index in [2.05, 4.69) is 29.4 Å². The minimum Gasteiger partial charge on any atom is -0.497 e. The number of rotatable bonds is 5. The van der Waals surface area contributed by atoms with Crippen LogP contribution in [-0.4, -0.2) is 18.0 Å². The Labute approximate surface area is 157 Å². The van der Waals surface area contributed by atoms with E-state index in [1.54, 1.807) is 7.11 Å². The van der Waals surface area contributed by atoms with Gasteiger partial charge in [0.2, 0.25) is 0 Å². The lowest BCUT2D eigenvalue weighted by molar-refractivity contribution is 0.102. The second-order valence-corrected chi connectivity index (χ2v) is 7.32. The highest BCUT2D eigenvalue weighted by Crippen LogP contribution is 2.23. The Morgan fingerprint density at radius 3 is 2.38 bits per heavy atom. The van der Waals surface area contributed by atoms with Crippen molar-refractivity contribution < 1.29 is 9.53 Å². The molecule has 0 aliphatic rings. The van der Waals surface area contributed by atoms with Crippen molar-refractivity contribution >= 4 is 22.9 Å². The third-order valence-electron chi connectivity index (χ3n) is 4.21. The highest BCUT2D eigenvalue weighted by atomic mass is 32.1. The van der Waals surface area contributed by atoms with Gasteiger partial charge in [0.1, 0.15) is 11.4 Å². The van der Waals surface area contributed by atoms with Gasteiger partial charge in [-0.25, -0.2) is 4.98 Å². The van der Waals surface area contributed by atoms with Crippen LogP contribution in [0.15, 0.2) is 41.8 Å². The molecule has 0 saturated heterocycles. The van der Waals surface area contributed by atoms with Gasteiger partial charge < -0.3 is 10.1 Å². The van der Waals surface area contributed by atoms with Gasteiger partial charge in [-0.2, -0.15) is 0 Å². The van der Waals surface area contributed by atoms with Crippen molar-refractivity contribution in [2.75, 3.05) is 12.4 Å². The summed E-state index contributed by atoms with van der Waals surface area (Å²) in [6.07, 6.45) is 0.699. The largest absolute Gasteiger partial charge is 0.497 e. The summed E-state index contributed by atoms with van der Waals surface area (Å²) in [7, 11) is 1.65. The molecule has 5 heteroatoms. The normalized spacial score (nSPS) is 10.6. The summed E-state index contributed by atoms with van der Waals surface area (Å²) in [4.78, 5) is 17.1. The molecule has 1 amide bonds. The summed E-state index contributed by atoms with van der Waals surface area (Å²) in [6, 6.07) is 12.0. The maximum absolute atomic E-state index is 12.6. The molecule has 0 radical (unpaired) electrons. The molecule has 3 aromatic rings. The Morgan fingerprint density at radius 2 is 1.77 bits per heavy atom. The molecule has 0 bridgehead atoms. The number of thiazole rings is 1. The first-order valence-electron chi connectivity index (χ1n) is 8.43. The number of hydrogen-bond donors (Lipinski definition) is 1. The summed E-state index contributed by atoms with van der Waals surface area (Å²) in [6.45, 7) is 6.06. The van der Waals surface area contributed by atoms with Crippen LogP contribution in [0, 0.1) is 20.8 Å². The predicted molar refractivity (Wildman–Crippen MR) is 107 cm³/mol. The van der Waals surface area contributed by atoms with Crippen molar-refractivity contribution in [3.63, 3.8) is 0 Å². The zero-order chi connectivity index (χ0) is 18.7. The Morgan fingerprint density at radius 1 is 1.12 bits per heavy atom. The van der Waals surface area contributed by atoms with Crippen LogP contribution < -0.4 is 10.1 Å². The zero-order valence-electron chi connectivity index (χ0n) is 15.4. The first-order valence-corrected chi connectivity index (χ1v) is 9.31. The van der Waals surface area contributed by atoms with Crippen LogP contribution in [0.2, 0.25) is 0 Å². The van der Waals surface area contributed by atoms with Crippen molar-refractivity contribution in [3.05, 3.63) is 74.7 Å². The lowest BCUT2D eigenvalue weighted by atomic mass is 10.1. The maximum atomic E-state index is 12.6. The number of nitrogens with zero attached hydrogens (tertiary/aromatic N) is 1. The molecule has 2 aromatic carbocycles. The van der Waals surface area contributed by atoms with Crippen LogP contribution in [0.5, 0.6) is 5.75 Å². The number of hydrogen-bond acceptors (Lipinski definition) is 4. The van der Waals surface area contributed by atoms with Crippen LogP contribution in [0.4, 0.5) is 5.69 Å². The number of amides is 1.